The third-order valence-electron chi connectivity index (χ3n) is 4.08. The van der Waals surface area contributed by atoms with Crippen molar-refractivity contribution in [2.45, 2.75) is 38.6 Å². The standard InChI is InChI=1S/C17H24N2O/c1-3-9-19(10-4-2)16-8-7-13-5-6-14(17(18)20)11-15(13)12-16/h3,5-6,11,16H,1,4,7-10,12H2,2H3,(H2,18,20)/t16-/m1/s1. The van der Waals surface area contributed by atoms with Crippen LogP contribution in [0.4, 0.5) is 0 Å². The summed E-state index contributed by atoms with van der Waals surface area (Å²) >= 11 is 0. The first-order valence-electron chi connectivity index (χ1n) is 7.42. The van der Waals surface area contributed by atoms with E-state index in [-0.39, 0.29) is 5.91 Å². The molecule has 1 aliphatic rings. The summed E-state index contributed by atoms with van der Waals surface area (Å²) in [5, 5.41) is 0. The second-order valence-electron chi connectivity index (χ2n) is 5.53. The van der Waals surface area contributed by atoms with Gasteiger partial charge in [0, 0.05) is 18.2 Å². The molecule has 1 atom stereocenters. The highest BCUT2D eigenvalue weighted by Gasteiger charge is 2.23. The highest BCUT2D eigenvalue weighted by molar-refractivity contribution is 5.93. The van der Waals surface area contributed by atoms with Gasteiger partial charge in [0.15, 0.2) is 0 Å². The van der Waals surface area contributed by atoms with E-state index in [0.717, 1.165) is 32.4 Å². The van der Waals surface area contributed by atoms with E-state index in [1.165, 1.54) is 17.5 Å². The molecular formula is C17H24N2O. The lowest BCUT2D eigenvalue weighted by atomic mass is 9.86. The lowest BCUT2D eigenvalue weighted by Crippen LogP contribution is -2.40. The molecule has 3 heteroatoms. The molecule has 0 saturated heterocycles. The van der Waals surface area contributed by atoms with Crippen molar-refractivity contribution in [3.05, 3.63) is 47.5 Å². The van der Waals surface area contributed by atoms with Gasteiger partial charge in [-0.3, -0.25) is 9.69 Å². The van der Waals surface area contributed by atoms with Gasteiger partial charge in [-0.1, -0.05) is 19.1 Å². The Balaban J connectivity index is 2.17. The number of primary amides is 1. The topological polar surface area (TPSA) is 46.3 Å². The molecule has 20 heavy (non-hydrogen) atoms. The number of nitrogens with two attached hydrogens (primary N) is 1. The van der Waals surface area contributed by atoms with E-state index in [9.17, 15) is 4.79 Å². The van der Waals surface area contributed by atoms with Gasteiger partial charge in [-0.05, 0) is 55.5 Å². The van der Waals surface area contributed by atoms with Crippen LogP contribution in [0.1, 0.15) is 41.3 Å². The van der Waals surface area contributed by atoms with Gasteiger partial charge in [-0.2, -0.15) is 0 Å². The van der Waals surface area contributed by atoms with Gasteiger partial charge in [-0.25, -0.2) is 0 Å². The molecule has 2 N–H and O–H groups in total. The first kappa shape index (κ1) is 14.8. The number of benzene rings is 1. The zero-order valence-corrected chi connectivity index (χ0v) is 12.3. The second kappa shape index (κ2) is 6.71. The van der Waals surface area contributed by atoms with Crippen LogP contribution < -0.4 is 5.73 Å². The minimum Gasteiger partial charge on any atom is -0.366 e. The molecule has 0 radical (unpaired) electrons. The van der Waals surface area contributed by atoms with E-state index in [2.05, 4.69) is 24.5 Å². The Morgan fingerprint density at radius 3 is 2.95 bits per heavy atom. The quantitative estimate of drug-likeness (QED) is 0.809. The number of amides is 1. The molecule has 108 valence electrons. The Morgan fingerprint density at radius 2 is 2.30 bits per heavy atom. The van der Waals surface area contributed by atoms with Crippen LogP contribution in [-0.2, 0) is 12.8 Å². The molecule has 1 aliphatic carbocycles. The van der Waals surface area contributed by atoms with Gasteiger partial charge < -0.3 is 5.73 Å². The summed E-state index contributed by atoms with van der Waals surface area (Å²) in [5.41, 5.74) is 8.64. The first-order chi connectivity index (χ1) is 9.65. The van der Waals surface area contributed by atoms with E-state index < -0.39 is 0 Å². The largest absolute Gasteiger partial charge is 0.366 e. The molecule has 0 spiro atoms. The van der Waals surface area contributed by atoms with Crippen LogP contribution in [0.3, 0.4) is 0 Å². The van der Waals surface area contributed by atoms with Crippen LogP contribution in [0.25, 0.3) is 0 Å². The summed E-state index contributed by atoms with van der Waals surface area (Å²) in [5.74, 6) is -0.341. The van der Waals surface area contributed by atoms with Crippen molar-refractivity contribution in [2.75, 3.05) is 13.1 Å². The SMILES string of the molecule is C=CCN(CCC)[C@@H]1CCc2ccc(C(N)=O)cc2C1. The van der Waals surface area contributed by atoms with E-state index in [1.54, 1.807) is 0 Å². The van der Waals surface area contributed by atoms with E-state index >= 15 is 0 Å². The molecule has 0 bridgehead atoms. The maximum absolute atomic E-state index is 11.3. The smallest absolute Gasteiger partial charge is 0.248 e. The van der Waals surface area contributed by atoms with Crippen molar-refractivity contribution in [1.82, 2.24) is 4.90 Å². The molecule has 2 rings (SSSR count). The van der Waals surface area contributed by atoms with Gasteiger partial charge in [-0.15, -0.1) is 6.58 Å². The predicted octanol–water partition coefficient (Wildman–Crippen LogP) is 2.54. The highest BCUT2D eigenvalue weighted by Crippen LogP contribution is 2.25. The van der Waals surface area contributed by atoms with Crippen LogP contribution in [0.2, 0.25) is 0 Å². The minimum atomic E-state index is -0.341. The van der Waals surface area contributed by atoms with Crippen molar-refractivity contribution in [3.8, 4) is 0 Å². The average molecular weight is 272 g/mol. The molecule has 0 aromatic heterocycles. The van der Waals surface area contributed by atoms with E-state index in [0.29, 0.717) is 11.6 Å². The Hall–Kier alpha value is -1.61. The fraction of sp³-hybridized carbons (Fsp3) is 0.471. The zero-order chi connectivity index (χ0) is 14.5. The zero-order valence-electron chi connectivity index (χ0n) is 12.3. The number of nitrogens with zero attached hydrogens (tertiary/aromatic N) is 1. The van der Waals surface area contributed by atoms with Crippen LogP contribution >= 0.6 is 0 Å². The van der Waals surface area contributed by atoms with Crippen molar-refractivity contribution in [1.29, 1.82) is 0 Å². The van der Waals surface area contributed by atoms with Crippen molar-refractivity contribution >= 4 is 5.91 Å². The monoisotopic (exact) mass is 272 g/mol. The molecule has 3 nitrogen and oxygen atoms in total. The second-order valence-corrected chi connectivity index (χ2v) is 5.53. The maximum Gasteiger partial charge on any atom is 0.248 e. The third kappa shape index (κ3) is 3.28. The van der Waals surface area contributed by atoms with Crippen molar-refractivity contribution in [2.24, 2.45) is 5.73 Å². The number of hydrogen-bond acceptors (Lipinski definition) is 2. The Labute approximate surface area is 121 Å². The van der Waals surface area contributed by atoms with Crippen LogP contribution in [0.15, 0.2) is 30.9 Å². The minimum absolute atomic E-state index is 0.341. The summed E-state index contributed by atoms with van der Waals surface area (Å²) in [6.07, 6.45) is 6.39. The number of hydrogen-bond donors (Lipinski definition) is 1. The van der Waals surface area contributed by atoms with Gasteiger partial charge >= 0.3 is 0 Å². The fourth-order valence-electron chi connectivity index (χ4n) is 3.08. The molecule has 0 heterocycles. The number of fused-ring (bicyclic) bond motifs is 1. The van der Waals surface area contributed by atoms with Gasteiger partial charge in [0.25, 0.3) is 0 Å². The predicted molar refractivity (Wildman–Crippen MR) is 82.8 cm³/mol. The Bertz CT molecular complexity index is 496. The number of carbonyl (C=O) groups excluding carboxylic acids is 1. The van der Waals surface area contributed by atoms with Crippen LogP contribution in [-0.4, -0.2) is 29.9 Å². The van der Waals surface area contributed by atoms with E-state index in [1.807, 2.05) is 18.2 Å². The summed E-state index contributed by atoms with van der Waals surface area (Å²) < 4.78 is 0. The van der Waals surface area contributed by atoms with Gasteiger partial charge in [0.1, 0.15) is 0 Å². The molecule has 0 fully saturated rings. The van der Waals surface area contributed by atoms with E-state index in [4.69, 9.17) is 5.73 Å². The molecule has 0 unspecified atom stereocenters. The summed E-state index contributed by atoms with van der Waals surface area (Å²) in [7, 11) is 0. The molecule has 1 aromatic rings. The van der Waals surface area contributed by atoms with Gasteiger partial charge in [0.2, 0.25) is 5.91 Å². The lowest BCUT2D eigenvalue weighted by Gasteiger charge is -2.34. The van der Waals surface area contributed by atoms with Crippen LogP contribution in [0, 0.1) is 0 Å². The number of carbonyl (C=O) groups is 1. The van der Waals surface area contributed by atoms with Gasteiger partial charge in [0.05, 0.1) is 0 Å². The first-order valence-corrected chi connectivity index (χ1v) is 7.42. The third-order valence-corrected chi connectivity index (χ3v) is 4.08. The molecular weight excluding hydrogens is 248 g/mol. The van der Waals surface area contributed by atoms with Crippen LogP contribution in [0.5, 0.6) is 0 Å². The Morgan fingerprint density at radius 1 is 1.50 bits per heavy atom. The highest BCUT2D eigenvalue weighted by atomic mass is 16.1. The number of rotatable bonds is 6. The Kier molecular flexibility index (Phi) is 4.96. The normalized spacial score (nSPS) is 17.8. The summed E-state index contributed by atoms with van der Waals surface area (Å²) in [6, 6.07) is 6.42. The summed E-state index contributed by atoms with van der Waals surface area (Å²) in [6.45, 7) is 8.10. The molecule has 1 aromatic carbocycles. The fourth-order valence-corrected chi connectivity index (χ4v) is 3.08. The van der Waals surface area contributed by atoms with Crippen molar-refractivity contribution < 1.29 is 4.79 Å². The van der Waals surface area contributed by atoms with Crippen molar-refractivity contribution in [3.63, 3.8) is 0 Å². The molecule has 0 saturated carbocycles. The molecule has 0 aliphatic heterocycles. The number of aryl methyl sites for hydroxylation is 1. The lowest BCUT2D eigenvalue weighted by molar-refractivity contribution is 0.1000. The molecule has 1 amide bonds. The maximum atomic E-state index is 11.3. The average Bonchev–Trinajstić information content (AvgIpc) is 2.45. The summed E-state index contributed by atoms with van der Waals surface area (Å²) in [4.78, 5) is 13.8.